The van der Waals surface area contributed by atoms with E-state index < -0.39 is 5.97 Å². The minimum absolute atomic E-state index is 0.0297. The van der Waals surface area contributed by atoms with Crippen LogP contribution < -0.4 is 0 Å². The molecule has 0 bridgehead atoms. The summed E-state index contributed by atoms with van der Waals surface area (Å²) in [6.07, 6.45) is 1.49. The molecule has 0 saturated heterocycles. The van der Waals surface area contributed by atoms with Gasteiger partial charge in [0.1, 0.15) is 17.2 Å². The highest BCUT2D eigenvalue weighted by molar-refractivity contribution is 5.85. The number of aromatic nitrogens is 1. The number of furan rings is 1. The highest BCUT2D eigenvalue weighted by Gasteiger charge is 2.06. The molecule has 0 unspecified atom stereocenters. The number of rotatable bonds is 2. The second-order valence-corrected chi connectivity index (χ2v) is 3.15. The Balaban J connectivity index is 2.35. The first-order valence-corrected chi connectivity index (χ1v) is 4.43. The summed E-state index contributed by atoms with van der Waals surface area (Å²) in [6, 6.07) is 6.80. The molecule has 0 saturated carbocycles. The molecule has 4 heteroatoms. The van der Waals surface area contributed by atoms with Crippen molar-refractivity contribution in [1.29, 1.82) is 0 Å². The summed E-state index contributed by atoms with van der Waals surface area (Å²) in [5.74, 6) is 0.474. The van der Waals surface area contributed by atoms with Crippen molar-refractivity contribution in [1.82, 2.24) is 4.98 Å². The van der Waals surface area contributed by atoms with Crippen LogP contribution in [-0.4, -0.2) is 16.1 Å². The van der Waals surface area contributed by atoms with E-state index in [9.17, 15) is 4.79 Å². The number of hydrogen-bond donors (Lipinski definition) is 1. The standard InChI is InChI=1S/C11H9NO3/c1-7-2-5-10(15-7)8-3-4-9(11(13)14)12-6-8/h2-6H,1H3,(H,13,14). The van der Waals surface area contributed by atoms with Gasteiger partial charge in [-0.15, -0.1) is 0 Å². The van der Waals surface area contributed by atoms with E-state index in [1.807, 2.05) is 19.1 Å². The Hall–Kier alpha value is -2.10. The summed E-state index contributed by atoms with van der Waals surface area (Å²) in [5.41, 5.74) is 0.801. The maximum atomic E-state index is 10.6. The molecular formula is C11H9NO3. The van der Waals surface area contributed by atoms with Crippen LogP contribution in [0.5, 0.6) is 0 Å². The number of carbonyl (C=O) groups is 1. The molecule has 15 heavy (non-hydrogen) atoms. The van der Waals surface area contributed by atoms with Gasteiger partial charge in [-0.05, 0) is 31.2 Å². The van der Waals surface area contributed by atoms with Gasteiger partial charge in [0.15, 0.2) is 0 Å². The van der Waals surface area contributed by atoms with Crippen molar-refractivity contribution in [3.05, 3.63) is 41.9 Å². The van der Waals surface area contributed by atoms with E-state index in [4.69, 9.17) is 9.52 Å². The number of carboxylic acids is 1. The number of pyridine rings is 1. The molecule has 0 aliphatic rings. The fraction of sp³-hybridized carbons (Fsp3) is 0.0909. The van der Waals surface area contributed by atoms with Crippen molar-refractivity contribution in [2.75, 3.05) is 0 Å². The average Bonchev–Trinajstić information content (AvgIpc) is 2.65. The van der Waals surface area contributed by atoms with E-state index in [2.05, 4.69) is 4.98 Å². The molecule has 0 spiro atoms. The van der Waals surface area contributed by atoms with E-state index in [1.165, 1.54) is 12.3 Å². The molecule has 2 heterocycles. The summed E-state index contributed by atoms with van der Waals surface area (Å²) in [5, 5.41) is 8.66. The Morgan fingerprint density at radius 1 is 1.33 bits per heavy atom. The first-order chi connectivity index (χ1) is 7.16. The maximum Gasteiger partial charge on any atom is 0.354 e. The van der Waals surface area contributed by atoms with Crippen molar-refractivity contribution < 1.29 is 14.3 Å². The highest BCUT2D eigenvalue weighted by Crippen LogP contribution is 2.20. The van der Waals surface area contributed by atoms with Crippen LogP contribution in [0.25, 0.3) is 11.3 Å². The molecule has 0 fully saturated rings. The van der Waals surface area contributed by atoms with Gasteiger partial charge in [-0.3, -0.25) is 0 Å². The molecule has 4 nitrogen and oxygen atoms in total. The fourth-order valence-electron chi connectivity index (χ4n) is 1.26. The fourth-order valence-corrected chi connectivity index (χ4v) is 1.26. The quantitative estimate of drug-likeness (QED) is 0.813. The molecule has 2 aromatic rings. The molecule has 2 aromatic heterocycles. The van der Waals surface area contributed by atoms with Crippen LogP contribution in [0, 0.1) is 6.92 Å². The summed E-state index contributed by atoms with van der Waals surface area (Å²) in [4.78, 5) is 14.4. The van der Waals surface area contributed by atoms with Crippen molar-refractivity contribution in [2.24, 2.45) is 0 Å². The number of hydrogen-bond acceptors (Lipinski definition) is 3. The molecule has 76 valence electrons. The van der Waals surface area contributed by atoms with Crippen molar-refractivity contribution >= 4 is 5.97 Å². The predicted octanol–water partition coefficient (Wildman–Crippen LogP) is 2.35. The summed E-state index contributed by atoms with van der Waals surface area (Å²) in [7, 11) is 0. The van der Waals surface area contributed by atoms with Crippen LogP contribution >= 0.6 is 0 Å². The molecule has 0 radical (unpaired) electrons. The van der Waals surface area contributed by atoms with Gasteiger partial charge in [-0.1, -0.05) is 0 Å². The van der Waals surface area contributed by atoms with E-state index in [-0.39, 0.29) is 5.69 Å². The molecule has 2 rings (SSSR count). The molecule has 0 aliphatic carbocycles. The van der Waals surface area contributed by atoms with Gasteiger partial charge in [0.05, 0.1) is 0 Å². The third-order valence-corrected chi connectivity index (χ3v) is 2.01. The minimum Gasteiger partial charge on any atom is -0.477 e. The SMILES string of the molecule is Cc1ccc(-c2ccc(C(=O)O)nc2)o1. The van der Waals surface area contributed by atoms with Gasteiger partial charge in [-0.2, -0.15) is 0 Å². The third-order valence-electron chi connectivity index (χ3n) is 2.01. The second-order valence-electron chi connectivity index (χ2n) is 3.15. The zero-order chi connectivity index (χ0) is 10.8. The zero-order valence-electron chi connectivity index (χ0n) is 8.10. The van der Waals surface area contributed by atoms with E-state index in [0.717, 1.165) is 11.3 Å². The normalized spacial score (nSPS) is 10.2. The number of aryl methyl sites for hydroxylation is 1. The lowest BCUT2D eigenvalue weighted by molar-refractivity contribution is 0.0690. The molecular weight excluding hydrogens is 194 g/mol. The Morgan fingerprint density at radius 3 is 2.60 bits per heavy atom. The van der Waals surface area contributed by atoms with E-state index >= 15 is 0 Å². The Morgan fingerprint density at radius 2 is 2.13 bits per heavy atom. The van der Waals surface area contributed by atoms with Gasteiger partial charge < -0.3 is 9.52 Å². The smallest absolute Gasteiger partial charge is 0.354 e. The van der Waals surface area contributed by atoms with Crippen LogP contribution in [0.4, 0.5) is 0 Å². The summed E-state index contributed by atoms with van der Waals surface area (Å²) < 4.78 is 5.38. The van der Waals surface area contributed by atoms with Gasteiger partial charge >= 0.3 is 5.97 Å². The van der Waals surface area contributed by atoms with Crippen molar-refractivity contribution in [3.8, 4) is 11.3 Å². The van der Waals surface area contributed by atoms with Crippen LogP contribution in [-0.2, 0) is 0 Å². The maximum absolute atomic E-state index is 10.6. The van der Waals surface area contributed by atoms with Crippen LogP contribution in [0.2, 0.25) is 0 Å². The average molecular weight is 203 g/mol. The topological polar surface area (TPSA) is 63.3 Å². The lowest BCUT2D eigenvalue weighted by atomic mass is 10.2. The highest BCUT2D eigenvalue weighted by atomic mass is 16.4. The minimum atomic E-state index is -1.03. The lowest BCUT2D eigenvalue weighted by Gasteiger charge is -1.97. The second kappa shape index (κ2) is 3.57. The Kier molecular flexibility index (Phi) is 2.25. The monoisotopic (exact) mass is 203 g/mol. The number of aromatic carboxylic acids is 1. The van der Waals surface area contributed by atoms with Gasteiger partial charge in [0.2, 0.25) is 0 Å². The van der Waals surface area contributed by atoms with Crippen molar-refractivity contribution in [3.63, 3.8) is 0 Å². The zero-order valence-corrected chi connectivity index (χ0v) is 8.10. The predicted molar refractivity (Wildman–Crippen MR) is 53.6 cm³/mol. The number of carboxylic acid groups (broad SMARTS) is 1. The molecule has 0 atom stereocenters. The lowest BCUT2D eigenvalue weighted by Crippen LogP contribution is -1.98. The van der Waals surface area contributed by atoms with E-state index in [0.29, 0.717) is 5.76 Å². The van der Waals surface area contributed by atoms with Crippen LogP contribution in [0.3, 0.4) is 0 Å². The first kappa shape index (κ1) is 9.45. The van der Waals surface area contributed by atoms with Crippen LogP contribution in [0.1, 0.15) is 16.2 Å². The Labute approximate surface area is 86.2 Å². The molecule has 1 N–H and O–H groups in total. The molecule has 0 aromatic carbocycles. The largest absolute Gasteiger partial charge is 0.477 e. The van der Waals surface area contributed by atoms with E-state index in [1.54, 1.807) is 6.07 Å². The van der Waals surface area contributed by atoms with Crippen LogP contribution in [0.15, 0.2) is 34.9 Å². The summed E-state index contributed by atoms with van der Waals surface area (Å²) >= 11 is 0. The molecule has 0 aliphatic heterocycles. The van der Waals surface area contributed by atoms with Gasteiger partial charge in [-0.25, -0.2) is 9.78 Å². The first-order valence-electron chi connectivity index (χ1n) is 4.43. The van der Waals surface area contributed by atoms with Gasteiger partial charge in [0.25, 0.3) is 0 Å². The Bertz CT molecular complexity index is 485. The molecule has 0 amide bonds. The number of nitrogens with zero attached hydrogens (tertiary/aromatic N) is 1. The third kappa shape index (κ3) is 1.88. The van der Waals surface area contributed by atoms with Crippen molar-refractivity contribution in [2.45, 2.75) is 6.92 Å². The summed E-state index contributed by atoms with van der Waals surface area (Å²) in [6.45, 7) is 1.85. The van der Waals surface area contributed by atoms with Gasteiger partial charge in [0, 0.05) is 11.8 Å².